The predicted octanol–water partition coefficient (Wildman–Crippen LogP) is 2.08. The Morgan fingerprint density at radius 1 is 1.35 bits per heavy atom. The number of aromatic nitrogens is 1. The van der Waals surface area contributed by atoms with Crippen molar-refractivity contribution in [2.45, 2.75) is 6.42 Å². The Bertz CT molecular complexity index is 718. The molecule has 0 radical (unpaired) electrons. The molecule has 1 saturated heterocycles. The van der Waals surface area contributed by atoms with Crippen molar-refractivity contribution in [2.24, 2.45) is 5.92 Å². The number of nitrogens with one attached hydrogen (secondary N) is 1. The lowest BCUT2D eigenvalue weighted by Gasteiger charge is -2.16. The summed E-state index contributed by atoms with van der Waals surface area (Å²) in [4.78, 5) is 30.1. The normalized spacial score (nSPS) is 17.2. The van der Waals surface area contributed by atoms with E-state index in [1.165, 1.54) is 0 Å². The van der Waals surface area contributed by atoms with E-state index in [-0.39, 0.29) is 24.2 Å². The Morgan fingerprint density at radius 3 is 2.96 bits per heavy atom. The number of pyridine rings is 1. The molecule has 1 unspecified atom stereocenters. The van der Waals surface area contributed by atoms with Crippen LogP contribution in [0.2, 0.25) is 0 Å². The van der Waals surface area contributed by atoms with Gasteiger partial charge in [-0.25, -0.2) is 0 Å². The van der Waals surface area contributed by atoms with E-state index in [2.05, 4.69) is 10.3 Å². The number of benzene rings is 1. The number of anilines is 2. The molecular formula is C17H17N3O3. The van der Waals surface area contributed by atoms with Crippen LogP contribution in [-0.2, 0) is 9.59 Å². The van der Waals surface area contributed by atoms with E-state index in [0.29, 0.717) is 23.7 Å². The van der Waals surface area contributed by atoms with Gasteiger partial charge in [0.15, 0.2) is 0 Å². The second kappa shape index (κ2) is 6.48. The van der Waals surface area contributed by atoms with Gasteiger partial charge in [-0.2, -0.15) is 0 Å². The molecule has 1 N–H and O–H groups in total. The van der Waals surface area contributed by atoms with Crippen molar-refractivity contribution >= 4 is 23.2 Å². The van der Waals surface area contributed by atoms with Gasteiger partial charge in [-0.3, -0.25) is 14.6 Å². The highest BCUT2D eigenvalue weighted by Crippen LogP contribution is 2.26. The molecule has 1 aliphatic heterocycles. The van der Waals surface area contributed by atoms with Crippen molar-refractivity contribution in [2.75, 3.05) is 23.9 Å². The van der Waals surface area contributed by atoms with Gasteiger partial charge in [0.1, 0.15) is 5.75 Å². The number of hydrogen-bond acceptors (Lipinski definition) is 4. The molecule has 118 valence electrons. The van der Waals surface area contributed by atoms with Crippen LogP contribution in [0.1, 0.15) is 6.42 Å². The molecule has 0 saturated carbocycles. The molecule has 0 bridgehead atoms. The van der Waals surface area contributed by atoms with Crippen molar-refractivity contribution in [3.63, 3.8) is 0 Å². The van der Waals surface area contributed by atoms with E-state index in [9.17, 15) is 9.59 Å². The van der Waals surface area contributed by atoms with Crippen LogP contribution in [0.3, 0.4) is 0 Å². The summed E-state index contributed by atoms with van der Waals surface area (Å²) >= 11 is 0. The van der Waals surface area contributed by atoms with Crippen LogP contribution in [0.25, 0.3) is 0 Å². The van der Waals surface area contributed by atoms with Crippen molar-refractivity contribution in [1.82, 2.24) is 4.98 Å². The first kappa shape index (κ1) is 15.0. The quantitative estimate of drug-likeness (QED) is 0.938. The molecule has 1 aromatic heterocycles. The van der Waals surface area contributed by atoms with Gasteiger partial charge >= 0.3 is 0 Å². The molecule has 2 heterocycles. The summed E-state index contributed by atoms with van der Waals surface area (Å²) in [6.07, 6.45) is 3.47. The van der Waals surface area contributed by atoms with E-state index in [1.54, 1.807) is 54.7 Å². The maximum absolute atomic E-state index is 12.4. The summed E-state index contributed by atoms with van der Waals surface area (Å²) in [7, 11) is 1.57. The van der Waals surface area contributed by atoms with Crippen molar-refractivity contribution in [1.29, 1.82) is 0 Å². The largest absolute Gasteiger partial charge is 0.497 e. The molecule has 2 amide bonds. The third kappa shape index (κ3) is 3.31. The fourth-order valence-corrected chi connectivity index (χ4v) is 2.59. The zero-order chi connectivity index (χ0) is 16.2. The lowest BCUT2D eigenvalue weighted by atomic mass is 10.1. The maximum atomic E-state index is 12.4. The zero-order valence-electron chi connectivity index (χ0n) is 12.7. The van der Waals surface area contributed by atoms with Gasteiger partial charge in [0, 0.05) is 30.9 Å². The van der Waals surface area contributed by atoms with Gasteiger partial charge in [0.25, 0.3) is 0 Å². The highest BCUT2D eigenvalue weighted by Gasteiger charge is 2.35. The second-order valence-electron chi connectivity index (χ2n) is 5.34. The van der Waals surface area contributed by atoms with Gasteiger partial charge in [0.2, 0.25) is 11.8 Å². The predicted molar refractivity (Wildman–Crippen MR) is 86.3 cm³/mol. The Morgan fingerprint density at radius 2 is 2.22 bits per heavy atom. The van der Waals surface area contributed by atoms with Gasteiger partial charge in [-0.1, -0.05) is 6.07 Å². The van der Waals surface area contributed by atoms with Crippen LogP contribution in [0.4, 0.5) is 11.4 Å². The summed E-state index contributed by atoms with van der Waals surface area (Å²) in [6.45, 7) is 0.361. The topological polar surface area (TPSA) is 71.5 Å². The number of hydrogen-bond donors (Lipinski definition) is 1. The fraction of sp³-hybridized carbons (Fsp3) is 0.235. The van der Waals surface area contributed by atoms with Gasteiger partial charge < -0.3 is 15.0 Å². The van der Waals surface area contributed by atoms with Crippen LogP contribution >= 0.6 is 0 Å². The minimum absolute atomic E-state index is 0.0659. The number of carbonyl (C=O) groups is 2. The third-order valence-electron chi connectivity index (χ3n) is 3.79. The molecular weight excluding hydrogens is 294 g/mol. The third-order valence-corrected chi connectivity index (χ3v) is 3.79. The van der Waals surface area contributed by atoms with Crippen molar-refractivity contribution in [3.05, 3.63) is 48.8 Å². The Labute approximate surface area is 134 Å². The van der Waals surface area contributed by atoms with E-state index < -0.39 is 0 Å². The average Bonchev–Trinajstić information content (AvgIpc) is 2.98. The summed E-state index contributed by atoms with van der Waals surface area (Å²) in [6, 6.07) is 10.7. The molecule has 3 rings (SSSR count). The Kier molecular flexibility index (Phi) is 4.23. The van der Waals surface area contributed by atoms with Gasteiger partial charge in [-0.15, -0.1) is 0 Å². The van der Waals surface area contributed by atoms with E-state index in [0.717, 1.165) is 0 Å². The number of carbonyl (C=O) groups excluding carboxylic acids is 2. The molecule has 1 aromatic carbocycles. The average molecular weight is 311 g/mol. The molecule has 1 aliphatic rings. The number of methoxy groups -OCH3 is 1. The van der Waals surface area contributed by atoms with Crippen LogP contribution in [0, 0.1) is 5.92 Å². The summed E-state index contributed by atoms with van der Waals surface area (Å²) in [5.74, 6) is 0.0537. The Hall–Kier alpha value is -2.89. The molecule has 6 heteroatoms. The molecule has 6 nitrogen and oxygen atoms in total. The van der Waals surface area contributed by atoms with Crippen LogP contribution < -0.4 is 15.0 Å². The Balaban J connectivity index is 1.68. The number of ether oxygens (including phenoxy) is 1. The zero-order valence-corrected chi connectivity index (χ0v) is 12.7. The minimum atomic E-state index is -0.381. The SMILES string of the molecule is COc1cccc(NC(=O)C2CC(=O)N(c3cccnc3)C2)c1. The first-order valence-electron chi connectivity index (χ1n) is 7.32. The van der Waals surface area contributed by atoms with Crippen LogP contribution in [0.15, 0.2) is 48.8 Å². The molecule has 1 atom stereocenters. The molecule has 2 aromatic rings. The smallest absolute Gasteiger partial charge is 0.229 e. The van der Waals surface area contributed by atoms with E-state index in [4.69, 9.17) is 4.74 Å². The standard InChI is InChI=1S/C17H17N3O3/c1-23-15-6-2-4-13(9-15)19-17(22)12-8-16(21)20(11-12)14-5-3-7-18-10-14/h2-7,9-10,12H,8,11H2,1H3,(H,19,22). The van der Waals surface area contributed by atoms with Gasteiger partial charge in [-0.05, 0) is 24.3 Å². The highest BCUT2D eigenvalue weighted by atomic mass is 16.5. The summed E-state index contributed by atoms with van der Waals surface area (Å²) in [5.41, 5.74) is 1.37. The monoisotopic (exact) mass is 311 g/mol. The van der Waals surface area contributed by atoms with Crippen LogP contribution in [-0.4, -0.2) is 30.5 Å². The molecule has 0 spiro atoms. The lowest BCUT2D eigenvalue weighted by molar-refractivity contribution is -0.122. The van der Waals surface area contributed by atoms with E-state index >= 15 is 0 Å². The fourth-order valence-electron chi connectivity index (χ4n) is 2.59. The molecule has 0 aliphatic carbocycles. The minimum Gasteiger partial charge on any atom is -0.497 e. The summed E-state index contributed by atoms with van der Waals surface area (Å²) < 4.78 is 5.13. The molecule has 23 heavy (non-hydrogen) atoms. The lowest BCUT2D eigenvalue weighted by Crippen LogP contribution is -2.28. The maximum Gasteiger partial charge on any atom is 0.229 e. The molecule has 1 fully saturated rings. The number of nitrogens with zero attached hydrogens (tertiary/aromatic N) is 2. The summed E-state index contributed by atoms with van der Waals surface area (Å²) in [5, 5.41) is 2.84. The van der Waals surface area contributed by atoms with Gasteiger partial charge in [0.05, 0.1) is 24.9 Å². The van der Waals surface area contributed by atoms with E-state index in [1.807, 2.05) is 6.07 Å². The van der Waals surface area contributed by atoms with Crippen molar-refractivity contribution in [3.8, 4) is 5.75 Å². The number of amides is 2. The number of rotatable bonds is 4. The van der Waals surface area contributed by atoms with Crippen LogP contribution in [0.5, 0.6) is 5.75 Å². The van der Waals surface area contributed by atoms with Crippen molar-refractivity contribution < 1.29 is 14.3 Å². The first-order chi connectivity index (χ1) is 11.2. The second-order valence-corrected chi connectivity index (χ2v) is 5.34. The highest BCUT2D eigenvalue weighted by molar-refractivity contribution is 6.03. The first-order valence-corrected chi connectivity index (χ1v) is 7.32.